The van der Waals surface area contributed by atoms with Gasteiger partial charge in [0.25, 0.3) is 0 Å². The maximum atomic E-state index is 12.3. The van der Waals surface area contributed by atoms with E-state index in [1.807, 2.05) is 0 Å². The van der Waals surface area contributed by atoms with Crippen molar-refractivity contribution in [3.63, 3.8) is 0 Å². The Morgan fingerprint density at radius 1 is 1.32 bits per heavy atom. The van der Waals surface area contributed by atoms with Crippen molar-refractivity contribution >= 4 is 11.5 Å². The van der Waals surface area contributed by atoms with Gasteiger partial charge >= 0.3 is 12.3 Å². The van der Waals surface area contributed by atoms with E-state index in [1.54, 1.807) is 6.92 Å². The molecule has 0 bridgehead atoms. The largest absolute Gasteiger partial charge is 0.573 e. The number of carbonyl (C=O) groups is 1. The van der Waals surface area contributed by atoms with Crippen LogP contribution in [-0.4, -0.2) is 18.9 Å². The maximum Gasteiger partial charge on any atom is 0.573 e. The molecule has 0 N–H and O–H groups in total. The van der Waals surface area contributed by atoms with E-state index in [2.05, 4.69) is 4.74 Å². The van der Waals surface area contributed by atoms with Gasteiger partial charge in [-0.25, -0.2) is 4.79 Å². The Hall–Kier alpha value is -1.98. The lowest BCUT2D eigenvalue weighted by Crippen LogP contribution is -2.18. The average Bonchev–Trinajstić information content (AvgIpc) is 2.30. The SMILES string of the molecule is C/C=C(/C(=O)OCC)c1ccccc1OC(F)(F)F. The van der Waals surface area contributed by atoms with Crippen LogP contribution in [0.5, 0.6) is 5.75 Å². The van der Waals surface area contributed by atoms with Crippen LogP contribution in [0.15, 0.2) is 30.3 Å². The summed E-state index contributed by atoms with van der Waals surface area (Å²) in [4.78, 5) is 11.7. The molecule has 0 aliphatic carbocycles. The molecule has 1 aromatic rings. The van der Waals surface area contributed by atoms with Crippen LogP contribution >= 0.6 is 0 Å². The highest BCUT2D eigenvalue weighted by atomic mass is 19.4. The molecule has 0 saturated heterocycles. The summed E-state index contributed by atoms with van der Waals surface area (Å²) in [6.45, 7) is 3.29. The third kappa shape index (κ3) is 4.31. The van der Waals surface area contributed by atoms with E-state index in [0.717, 1.165) is 6.07 Å². The fraction of sp³-hybridized carbons (Fsp3) is 0.308. The molecule has 3 nitrogen and oxygen atoms in total. The Labute approximate surface area is 108 Å². The standard InChI is InChI=1S/C13H13F3O3/c1-3-9(12(17)18-4-2)10-7-5-6-8-11(10)19-13(14,15)16/h3,5-8H,4H2,1-2H3/b9-3+. The first-order valence-electron chi connectivity index (χ1n) is 5.57. The van der Waals surface area contributed by atoms with Crippen LogP contribution in [0.4, 0.5) is 13.2 Å². The van der Waals surface area contributed by atoms with E-state index in [9.17, 15) is 18.0 Å². The Kier molecular flexibility index (Phi) is 4.97. The number of hydrogen-bond donors (Lipinski definition) is 0. The lowest BCUT2D eigenvalue weighted by molar-refractivity contribution is -0.274. The summed E-state index contributed by atoms with van der Waals surface area (Å²) in [6.07, 6.45) is -3.43. The Morgan fingerprint density at radius 2 is 1.95 bits per heavy atom. The molecule has 0 fully saturated rings. The van der Waals surface area contributed by atoms with Crippen molar-refractivity contribution in [2.24, 2.45) is 0 Å². The fourth-order valence-corrected chi connectivity index (χ4v) is 1.49. The predicted octanol–water partition coefficient (Wildman–Crippen LogP) is 3.55. The van der Waals surface area contributed by atoms with Gasteiger partial charge in [-0.05, 0) is 19.9 Å². The van der Waals surface area contributed by atoms with Gasteiger partial charge in [0.2, 0.25) is 0 Å². The van der Waals surface area contributed by atoms with Crippen LogP contribution < -0.4 is 4.74 Å². The van der Waals surface area contributed by atoms with Crippen molar-refractivity contribution in [1.29, 1.82) is 0 Å². The summed E-state index contributed by atoms with van der Waals surface area (Å²) in [7, 11) is 0. The van der Waals surface area contributed by atoms with Gasteiger partial charge in [-0.2, -0.15) is 0 Å². The molecule has 0 amide bonds. The van der Waals surface area contributed by atoms with Crippen LogP contribution in [0.25, 0.3) is 5.57 Å². The predicted molar refractivity (Wildman–Crippen MR) is 63.4 cm³/mol. The van der Waals surface area contributed by atoms with Gasteiger partial charge in [-0.15, -0.1) is 13.2 Å². The van der Waals surface area contributed by atoms with Gasteiger partial charge in [0.15, 0.2) is 0 Å². The number of para-hydroxylation sites is 1. The number of alkyl halides is 3. The second-order valence-electron chi connectivity index (χ2n) is 3.47. The summed E-state index contributed by atoms with van der Waals surface area (Å²) in [5, 5.41) is 0. The number of benzene rings is 1. The zero-order valence-corrected chi connectivity index (χ0v) is 10.5. The van der Waals surface area contributed by atoms with Crippen LogP contribution in [0, 0.1) is 0 Å². The van der Waals surface area contributed by atoms with Crippen molar-refractivity contribution in [3.05, 3.63) is 35.9 Å². The summed E-state index contributed by atoms with van der Waals surface area (Å²) >= 11 is 0. The zero-order chi connectivity index (χ0) is 14.5. The highest BCUT2D eigenvalue weighted by Crippen LogP contribution is 2.31. The van der Waals surface area contributed by atoms with Crippen molar-refractivity contribution in [2.45, 2.75) is 20.2 Å². The first kappa shape index (κ1) is 15.1. The summed E-state index contributed by atoms with van der Waals surface area (Å²) in [5.41, 5.74) is 0.0717. The Bertz CT molecular complexity index is 478. The molecule has 0 unspecified atom stereocenters. The first-order valence-corrected chi connectivity index (χ1v) is 5.57. The monoisotopic (exact) mass is 274 g/mol. The minimum absolute atomic E-state index is 0.0294. The number of esters is 1. The van der Waals surface area contributed by atoms with Gasteiger partial charge in [0.05, 0.1) is 12.2 Å². The highest BCUT2D eigenvalue weighted by Gasteiger charge is 2.32. The third-order valence-electron chi connectivity index (χ3n) is 2.19. The lowest BCUT2D eigenvalue weighted by atomic mass is 10.0. The van der Waals surface area contributed by atoms with E-state index < -0.39 is 18.1 Å². The van der Waals surface area contributed by atoms with Crippen LogP contribution in [0.1, 0.15) is 19.4 Å². The summed E-state index contributed by atoms with van der Waals surface area (Å²) in [6, 6.07) is 5.42. The quantitative estimate of drug-likeness (QED) is 0.622. The maximum absolute atomic E-state index is 12.3. The molecule has 0 saturated carbocycles. The summed E-state index contributed by atoms with van der Waals surface area (Å²) in [5.74, 6) is -1.13. The van der Waals surface area contributed by atoms with Crippen molar-refractivity contribution in [3.8, 4) is 5.75 Å². The molecule has 6 heteroatoms. The van der Waals surface area contributed by atoms with Gasteiger partial charge in [0.1, 0.15) is 5.75 Å². The van der Waals surface area contributed by atoms with Crippen LogP contribution in [0.3, 0.4) is 0 Å². The van der Waals surface area contributed by atoms with Gasteiger partial charge in [-0.1, -0.05) is 24.3 Å². The lowest BCUT2D eigenvalue weighted by Gasteiger charge is -2.14. The van der Waals surface area contributed by atoms with Gasteiger partial charge < -0.3 is 9.47 Å². The smallest absolute Gasteiger partial charge is 0.462 e. The molecule has 0 atom stereocenters. The number of halogens is 3. The summed E-state index contributed by atoms with van der Waals surface area (Å²) < 4.78 is 45.5. The van der Waals surface area contributed by atoms with E-state index >= 15 is 0 Å². The van der Waals surface area contributed by atoms with Gasteiger partial charge in [-0.3, -0.25) is 0 Å². The minimum Gasteiger partial charge on any atom is -0.462 e. The Balaban J connectivity index is 3.15. The number of allylic oxidation sites excluding steroid dienone is 1. The normalized spacial score (nSPS) is 12.2. The van der Waals surface area contributed by atoms with Crippen molar-refractivity contribution < 1.29 is 27.4 Å². The van der Waals surface area contributed by atoms with E-state index in [4.69, 9.17) is 4.74 Å². The molecule has 104 valence electrons. The topological polar surface area (TPSA) is 35.5 Å². The van der Waals surface area contributed by atoms with Crippen molar-refractivity contribution in [2.75, 3.05) is 6.61 Å². The molecule has 0 radical (unpaired) electrons. The molecule has 1 rings (SSSR count). The molecule has 1 aromatic carbocycles. The molecular weight excluding hydrogens is 261 g/mol. The Morgan fingerprint density at radius 3 is 2.47 bits per heavy atom. The van der Waals surface area contributed by atoms with E-state index in [1.165, 1.54) is 31.2 Å². The van der Waals surface area contributed by atoms with Crippen molar-refractivity contribution in [1.82, 2.24) is 0 Å². The molecule has 0 heterocycles. The second-order valence-corrected chi connectivity index (χ2v) is 3.47. The molecular formula is C13H13F3O3. The minimum atomic E-state index is -4.82. The van der Waals surface area contributed by atoms with Gasteiger partial charge in [0, 0.05) is 5.56 Å². The second kappa shape index (κ2) is 6.26. The number of hydrogen-bond acceptors (Lipinski definition) is 3. The molecule has 0 aliphatic rings. The highest BCUT2D eigenvalue weighted by molar-refractivity contribution is 6.17. The fourth-order valence-electron chi connectivity index (χ4n) is 1.49. The molecule has 0 aliphatic heterocycles. The third-order valence-corrected chi connectivity index (χ3v) is 2.19. The number of rotatable bonds is 4. The van der Waals surface area contributed by atoms with E-state index in [-0.39, 0.29) is 17.7 Å². The van der Waals surface area contributed by atoms with E-state index in [0.29, 0.717) is 0 Å². The molecule has 0 spiro atoms. The first-order chi connectivity index (χ1) is 8.89. The molecule has 19 heavy (non-hydrogen) atoms. The average molecular weight is 274 g/mol. The number of carbonyl (C=O) groups excluding carboxylic acids is 1. The number of ether oxygens (including phenoxy) is 2. The zero-order valence-electron chi connectivity index (χ0n) is 10.5. The molecule has 0 aromatic heterocycles. The van der Waals surface area contributed by atoms with Crippen LogP contribution in [0.2, 0.25) is 0 Å². The van der Waals surface area contributed by atoms with Crippen LogP contribution in [-0.2, 0) is 9.53 Å².